The molecule has 0 aliphatic carbocycles. The topological polar surface area (TPSA) is 102 Å². The molecule has 0 aromatic carbocycles. The molecule has 2 amide bonds. The fourth-order valence-corrected chi connectivity index (χ4v) is 3.40. The molecule has 2 aromatic heterocycles. The number of nitrogens with one attached hydrogen (secondary N) is 2. The first-order valence-corrected chi connectivity index (χ1v) is 9.65. The highest BCUT2D eigenvalue weighted by Gasteiger charge is 2.30. The van der Waals surface area contributed by atoms with E-state index in [1.54, 1.807) is 18.6 Å². The van der Waals surface area contributed by atoms with Gasteiger partial charge in [0.2, 0.25) is 5.91 Å². The monoisotopic (exact) mass is 434 g/mol. The highest BCUT2D eigenvalue weighted by Crippen LogP contribution is 2.24. The number of amides is 2. The van der Waals surface area contributed by atoms with E-state index in [2.05, 4.69) is 41.6 Å². The molecule has 27 heavy (non-hydrogen) atoms. The van der Waals surface area contributed by atoms with Gasteiger partial charge in [0.25, 0.3) is 5.91 Å². The highest BCUT2D eigenvalue weighted by molar-refractivity contribution is 9.10. The fraction of sp³-hybridized carbons (Fsp3) is 0.500. The maximum absolute atomic E-state index is 12.9. The Morgan fingerprint density at radius 3 is 2.67 bits per heavy atom. The predicted octanol–water partition coefficient (Wildman–Crippen LogP) is 1.80. The average molecular weight is 435 g/mol. The molecule has 1 aliphatic rings. The lowest BCUT2D eigenvalue weighted by atomic mass is 9.93. The number of aryl methyl sites for hydroxylation is 1. The summed E-state index contributed by atoms with van der Waals surface area (Å²) in [4.78, 5) is 32.7. The largest absolute Gasteiger partial charge is 0.356 e. The van der Waals surface area contributed by atoms with E-state index in [0.29, 0.717) is 30.3 Å². The van der Waals surface area contributed by atoms with Crippen LogP contribution in [-0.4, -0.2) is 38.1 Å². The Bertz CT molecular complexity index is 846. The summed E-state index contributed by atoms with van der Waals surface area (Å²) in [5, 5.41) is 10.2. The van der Waals surface area contributed by atoms with Gasteiger partial charge in [-0.25, -0.2) is 9.97 Å². The summed E-state index contributed by atoms with van der Waals surface area (Å²) in [6.07, 6.45) is 6.56. The van der Waals surface area contributed by atoms with Gasteiger partial charge in [-0.1, -0.05) is 0 Å². The Labute approximate surface area is 166 Å². The lowest BCUT2D eigenvalue weighted by Gasteiger charge is -2.26. The minimum Gasteiger partial charge on any atom is -0.356 e. The molecule has 0 fully saturated rings. The van der Waals surface area contributed by atoms with Crippen molar-refractivity contribution >= 4 is 27.7 Å². The summed E-state index contributed by atoms with van der Waals surface area (Å²) in [6.45, 7) is 6.59. The fourth-order valence-electron chi connectivity index (χ4n) is 3.19. The molecule has 0 bridgehead atoms. The van der Waals surface area contributed by atoms with Crippen LogP contribution in [0, 0.1) is 5.92 Å². The van der Waals surface area contributed by atoms with Gasteiger partial charge in [0, 0.05) is 32.4 Å². The normalized spacial score (nSPS) is 16.5. The predicted molar refractivity (Wildman–Crippen MR) is 103 cm³/mol. The van der Waals surface area contributed by atoms with Crippen molar-refractivity contribution in [3.8, 4) is 0 Å². The van der Waals surface area contributed by atoms with Crippen molar-refractivity contribution in [3.63, 3.8) is 0 Å². The molecule has 0 saturated carbocycles. The molecule has 2 aromatic rings. The molecule has 0 spiro atoms. The molecule has 1 atom stereocenters. The van der Waals surface area contributed by atoms with Crippen molar-refractivity contribution in [3.05, 3.63) is 40.1 Å². The minimum absolute atomic E-state index is 0.0386. The van der Waals surface area contributed by atoms with Gasteiger partial charge in [-0.05, 0) is 48.5 Å². The number of rotatable bonds is 5. The third-order valence-electron chi connectivity index (χ3n) is 4.67. The van der Waals surface area contributed by atoms with Crippen molar-refractivity contribution in [2.75, 3.05) is 6.54 Å². The third-order valence-corrected chi connectivity index (χ3v) is 5.08. The lowest BCUT2D eigenvalue weighted by Crippen LogP contribution is -2.42. The molecule has 144 valence electrons. The van der Waals surface area contributed by atoms with Gasteiger partial charge in [0.15, 0.2) is 5.82 Å². The molecule has 1 unspecified atom stereocenters. The van der Waals surface area contributed by atoms with Crippen molar-refractivity contribution in [2.45, 2.75) is 45.7 Å². The van der Waals surface area contributed by atoms with Crippen LogP contribution in [0.3, 0.4) is 0 Å². The number of nitrogens with zero attached hydrogens (tertiary/aromatic N) is 4. The SMILES string of the molecule is CC(=O)NCC1CCn2ncc(C(=O)NC(C)(C)c3ncc(Br)cn3)c2C1. The summed E-state index contributed by atoms with van der Waals surface area (Å²) in [7, 11) is 0. The Hall–Kier alpha value is -2.29. The molecule has 3 rings (SSSR count). The van der Waals surface area contributed by atoms with E-state index in [9.17, 15) is 9.59 Å². The molecule has 8 nitrogen and oxygen atoms in total. The number of halogens is 1. The summed E-state index contributed by atoms with van der Waals surface area (Å²) >= 11 is 3.31. The van der Waals surface area contributed by atoms with Gasteiger partial charge in [0.05, 0.1) is 27.5 Å². The second-order valence-electron chi connectivity index (χ2n) is 7.33. The molecule has 9 heteroatoms. The van der Waals surface area contributed by atoms with Gasteiger partial charge in [0.1, 0.15) is 0 Å². The van der Waals surface area contributed by atoms with Crippen LogP contribution in [0.4, 0.5) is 0 Å². The van der Waals surface area contributed by atoms with Crippen LogP contribution in [0.15, 0.2) is 23.1 Å². The molecule has 3 heterocycles. The zero-order valence-corrected chi connectivity index (χ0v) is 17.2. The number of carbonyl (C=O) groups is 2. The van der Waals surface area contributed by atoms with E-state index in [-0.39, 0.29) is 11.8 Å². The zero-order valence-electron chi connectivity index (χ0n) is 15.6. The zero-order chi connectivity index (χ0) is 19.6. The molecule has 2 N–H and O–H groups in total. The maximum atomic E-state index is 12.9. The molecular formula is C18H23BrN6O2. The van der Waals surface area contributed by atoms with Gasteiger partial charge in [-0.2, -0.15) is 5.10 Å². The average Bonchev–Trinajstić information content (AvgIpc) is 3.03. The summed E-state index contributed by atoms with van der Waals surface area (Å²) < 4.78 is 2.66. The quantitative estimate of drug-likeness (QED) is 0.746. The van der Waals surface area contributed by atoms with Gasteiger partial charge >= 0.3 is 0 Å². The van der Waals surface area contributed by atoms with Crippen LogP contribution in [-0.2, 0) is 23.3 Å². The smallest absolute Gasteiger partial charge is 0.255 e. The number of fused-ring (bicyclic) bond motifs is 1. The molecule has 1 aliphatic heterocycles. The first kappa shape index (κ1) is 19.5. The Morgan fingerprint density at radius 2 is 2.00 bits per heavy atom. The van der Waals surface area contributed by atoms with Crippen molar-refractivity contribution in [1.82, 2.24) is 30.4 Å². The summed E-state index contributed by atoms with van der Waals surface area (Å²) in [5.74, 6) is 0.590. The van der Waals surface area contributed by atoms with Crippen LogP contribution in [0.25, 0.3) is 0 Å². The van der Waals surface area contributed by atoms with Gasteiger partial charge in [-0.3, -0.25) is 14.3 Å². The molecule has 0 radical (unpaired) electrons. The van der Waals surface area contributed by atoms with E-state index in [0.717, 1.165) is 23.1 Å². The van der Waals surface area contributed by atoms with Crippen LogP contribution < -0.4 is 10.6 Å². The van der Waals surface area contributed by atoms with Crippen molar-refractivity contribution < 1.29 is 9.59 Å². The van der Waals surface area contributed by atoms with Crippen LogP contribution in [0.5, 0.6) is 0 Å². The van der Waals surface area contributed by atoms with E-state index < -0.39 is 5.54 Å². The molecule has 0 saturated heterocycles. The van der Waals surface area contributed by atoms with Crippen LogP contribution in [0.2, 0.25) is 0 Å². The van der Waals surface area contributed by atoms with E-state index in [4.69, 9.17) is 0 Å². The number of carbonyl (C=O) groups excluding carboxylic acids is 2. The maximum Gasteiger partial charge on any atom is 0.255 e. The van der Waals surface area contributed by atoms with Crippen molar-refractivity contribution in [2.24, 2.45) is 5.92 Å². The second kappa shape index (κ2) is 7.75. The second-order valence-corrected chi connectivity index (χ2v) is 8.24. The third kappa shape index (κ3) is 4.52. The van der Waals surface area contributed by atoms with E-state index >= 15 is 0 Å². The Kier molecular flexibility index (Phi) is 5.59. The molecular weight excluding hydrogens is 412 g/mol. The van der Waals surface area contributed by atoms with E-state index in [1.165, 1.54) is 6.92 Å². The lowest BCUT2D eigenvalue weighted by molar-refractivity contribution is -0.119. The Balaban J connectivity index is 1.74. The first-order chi connectivity index (χ1) is 12.8. The van der Waals surface area contributed by atoms with Crippen LogP contribution in [0.1, 0.15) is 49.1 Å². The number of hydrogen-bond donors (Lipinski definition) is 2. The van der Waals surface area contributed by atoms with Crippen LogP contribution >= 0.6 is 15.9 Å². The highest BCUT2D eigenvalue weighted by atomic mass is 79.9. The number of aromatic nitrogens is 4. The first-order valence-electron chi connectivity index (χ1n) is 8.86. The minimum atomic E-state index is -0.725. The van der Waals surface area contributed by atoms with Gasteiger partial charge < -0.3 is 10.6 Å². The number of hydrogen-bond acceptors (Lipinski definition) is 5. The van der Waals surface area contributed by atoms with Crippen molar-refractivity contribution in [1.29, 1.82) is 0 Å². The summed E-state index contributed by atoms with van der Waals surface area (Å²) in [6, 6.07) is 0. The van der Waals surface area contributed by atoms with Gasteiger partial charge in [-0.15, -0.1) is 0 Å². The standard InChI is InChI=1S/C18H23BrN6O2/c1-11(26)20-7-12-4-5-25-15(6-12)14(10-23-25)16(27)24-18(2,3)17-21-8-13(19)9-22-17/h8-10,12H,4-7H2,1-3H3,(H,20,26)(H,24,27). The van der Waals surface area contributed by atoms with E-state index in [1.807, 2.05) is 18.5 Å². The Morgan fingerprint density at radius 1 is 1.30 bits per heavy atom. The summed E-state index contributed by atoms with van der Waals surface area (Å²) in [5.41, 5.74) is 0.742.